The van der Waals surface area contributed by atoms with Gasteiger partial charge in [0.1, 0.15) is 5.82 Å². The number of nitrogens with one attached hydrogen (secondary N) is 1. The molecule has 16 heteroatoms. The average Bonchev–Trinajstić information content (AvgIpc) is 2.93. The molecule has 1 aliphatic heterocycles. The van der Waals surface area contributed by atoms with Crippen molar-refractivity contribution in [3.05, 3.63) is 72.4 Å². The Morgan fingerprint density at radius 2 is 1.29 bits per heavy atom. The van der Waals surface area contributed by atoms with E-state index in [9.17, 15) is 44.6 Å². The van der Waals surface area contributed by atoms with Crippen molar-refractivity contribution in [1.82, 2.24) is 4.98 Å². The Labute approximate surface area is 232 Å². The average molecular weight is 611 g/mol. The van der Waals surface area contributed by atoms with Crippen LogP contribution in [-0.4, -0.2) is 66.0 Å². The van der Waals surface area contributed by atoms with Crippen molar-refractivity contribution in [3.63, 3.8) is 0 Å². The van der Waals surface area contributed by atoms with E-state index in [4.69, 9.17) is 14.6 Å². The Hall–Kier alpha value is -4.05. The molecule has 1 aromatic heterocycles. The van der Waals surface area contributed by atoms with Gasteiger partial charge in [0.15, 0.2) is 0 Å². The third kappa shape index (κ3) is 7.61. The zero-order valence-electron chi connectivity index (χ0n) is 21.2. The molecule has 0 bridgehead atoms. The van der Waals surface area contributed by atoms with Gasteiger partial charge in [-0.3, -0.25) is 0 Å². The summed E-state index contributed by atoms with van der Waals surface area (Å²) in [6.45, 7) is 3.01. The van der Waals surface area contributed by atoms with Gasteiger partial charge in [-0.25, -0.2) is 9.78 Å². The summed E-state index contributed by atoms with van der Waals surface area (Å²) in [6.07, 6.45) is -15.5. The second-order valence-corrected chi connectivity index (χ2v) is 8.79. The summed E-state index contributed by atoms with van der Waals surface area (Å²) >= 11 is 0. The Kier molecular flexibility index (Phi) is 9.62. The summed E-state index contributed by atoms with van der Waals surface area (Å²) in [4.78, 5) is 15.4. The summed E-state index contributed by atoms with van der Waals surface area (Å²) < 4.78 is 115. The number of hydrogen-bond acceptors (Lipinski definition) is 6. The maximum atomic E-state index is 13.1. The fourth-order valence-corrected chi connectivity index (χ4v) is 3.76. The lowest BCUT2D eigenvalue weighted by Gasteiger charge is -2.32. The Morgan fingerprint density at radius 1 is 0.786 bits per heavy atom. The number of pyridine rings is 1. The topological polar surface area (TPSA) is 94.9 Å². The van der Waals surface area contributed by atoms with Crippen LogP contribution in [0.2, 0.25) is 0 Å². The standard InChI is InChI=1S/C24H21F6N3O2.C2HF3O2/c25-23(26,27)22(34,24(28,29)30)18-4-1-16(2-5-18)17-3-10-21(31-15-17)32-19-6-8-20(9-7-19)33-11-13-35-14-12-33;3-2(4,5)1(6)7/h1-10,15,34H,11-14H2,(H,31,32);(H,6,7). The molecule has 7 nitrogen and oxygen atoms in total. The molecule has 0 amide bonds. The van der Waals surface area contributed by atoms with Crippen LogP contribution in [0.1, 0.15) is 5.56 Å². The first-order valence-corrected chi connectivity index (χ1v) is 11.9. The molecule has 0 radical (unpaired) electrons. The van der Waals surface area contributed by atoms with E-state index < -0.39 is 35.7 Å². The monoisotopic (exact) mass is 611 g/mol. The van der Waals surface area contributed by atoms with Crippen molar-refractivity contribution in [2.24, 2.45) is 0 Å². The van der Waals surface area contributed by atoms with Gasteiger partial charge in [0.05, 0.1) is 13.2 Å². The SMILES string of the molecule is O=C(O)C(F)(F)F.OC(c1ccc(-c2ccc(Nc3ccc(N4CCOCC4)cc3)nc2)cc1)(C(F)(F)F)C(F)(F)F. The number of carbonyl (C=O) groups is 1. The quantitative estimate of drug-likeness (QED) is 0.293. The summed E-state index contributed by atoms with van der Waals surface area (Å²) in [5.41, 5.74) is -3.57. The normalized spacial score (nSPS) is 14.6. The summed E-state index contributed by atoms with van der Waals surface area (Å²) in [7, 11) is 0. The number of nitrogens with zero attached hydrogens (tertiary/aromatic N) is 2. The number of halogens is 9. The lowest BCUT2D eigenvalue weighted by Crippen LogP contribution is -2.53. The highest BCUT2D eigenvalue weighted by atomic mass is 19.4. The molecule has 3 N–H and O–H groups in total. The molecule has 0 spiro atoms. The molecule has 3 aromatic rings. The Morgan fingerprint density at radius 3 is 1.71 bits per heavy atom. The lowest BCUT2D eigenvalue weighted by molar-refractivity contribution is -0.376. The van der Waals surface area contributed by atoms with Gasteiger partial charge in [0.2, 0.25) is 0 Å². The van der Waals surface area contributed by atoms with Crippen LogP contribution in [0.4, 0.5) is 56.7 Å². The number of aliphatic hydroxyl groups is 1. The second-order valence-electron chi connectivity index (χ2n) is 8.79. The van der Waals surface area contributed by atoms with Crippen molar-refractivity contribution in [2.45, 2.75) is 24.1 Å². The molecule has 1 saturated heterocycles. The number of carboxylic acids is 1. The molecular weight excluding hydrogens is 589 g/mol. The number of anilines is 3. The van der Waals surface area contributed by atoms with Crippen molar-refractivity contribution in [2.75, 3.05) is 36.5 Å². The largest absolute Gasteiger partial charge is 0.490 e. The molecule has 0 unspecified atom stereocenters. The number of alkyl halides is 9. The van der Waals surface area contributed by atoms with Crippen LogP contribution in [0.25, 0.3) is 11.1 Å². The summed E-state index contributed by atoms with van der Waals surface area (Å²) in [6, 6.07) is 14.4. The Balaban J connectivity index is 0.000000616. The highest BCUT2D eigenvalue weighted by molar-refractivity contribution is 5.73. The maximum absolute atomic E-state index is 13.1. The number of hydrogen-bond donors (Lipinski definition) is 3. The van der Waals surface area contributed by atoms with Crippen LogP contribution in [0.5, 0.6) is 0 Å². The molecule has 1 aliphatic rings. The summed E-state index contributed by atoms with van der Waals surface area (Å²) in [5, 5.41) is 19.8. The maximum Gasteiger partial charge on any atom is 0.490 e. The van der Waals surface area contributed by atoms with E-state index in [1.54, 1.807) is 12.1 Å². The highest BCUT2D eigenvalue weighted by Gasteiger charge is 2.71. The van der Waals surface area contributed by atoms with Crippen LogP contribution in [0, 0.1) is 0 Å². The zero-order chi connectivity index (χ0) is 31.3. The molecule has 1 fully saturated rings. The molecule has 2 heterocycles. The minimum Gasteiger partial charge on any atom is -0.475 e. The molecule has 0 atom stereocenters. The van der Waals surface area contributed by atoms with Gasteiger partial charge >= 0.3 is 24.5 Å². The van der Waals surface area contributed by atoms with Gasteiger partial charge in [-0.2, -0.15) is 39.5 Å². The molecule has 0 saturated carbocycles. The molecular formula is C26H22F9N3O4. The van der Waals surface area contributed by atoms with Crippen LogP contribution >= 0.6 is 0 Å². The number of aromatic nitrogens is 1. The van der Waals surface area contributed by atoms with Crippen molar-refractivity contribution < 1.29 is 59.3 Å². The number of ether oxygens (including phenoxy) is 1. The predicted molar refractivity (Wildman–Crippen MR) is 132 cm³/mol. The number of benzene rings is 2. The molecule has 42 heavy (non-hydrogen) atoms. The van der Waals surface area contributed by atoms with E-state index in [0.29, 0.717) is 42.3 Å². The number of carboxylic acid groups (broad SMARTS) is 1. The lowest BCUT2D eigenvalue weighted by atomic mass is 9.91. The van der Waals surface area contributed by atoms with Gasteiger partial charge in [-0.1, -0.05) is 24.3 Å². The van der Waals surface area contributed by atoms with E-state index in [1.807, 2.05) is 24.3 Å². The van der Waals surface area contributed by atoms with E-state index in [1.165, 1.54) is 6.20 Å². The predicted octanol–water partition coefficient (Wildman–Crippen LogP) is 6.27. The minimum absolute atomic E-state index is 0.342. The van der Waals surface area contributed by atoms with Gasteiger partial charge < -0.3 is 25.2 Å². The molecule has 228 valence electrons. The molecule has 0 aliphatic carbocycles. The van der Waals surface area contributed by atoms with Crippen molar-refractivity contribution >= 4 is 23.2 Å². The van der Waals surface area contributed by atoms with E-state index in [0.717, 1.165) is 36.6 Å². The third-order valence-electron chi connectivity index (χ3n) is 5.98. The first-order chi connectivity index (χ1) is 19.4. The number of morpholine rings is 1. The first-order valence-electron chi connectivity index (χ1n) is 11.9. The van der Waals surface area contributed by atoms with Crippen molar-refractivity contribution in [3.8, 4) is 11.1 Å². The van der Waals surface area contributed by atoms with E-state index >= 15 is 0 Å². The van der Waals surface area contributed by atoms with Crippen LogP contribution in [-0.2, 0) is 15.1 Å². The summed E-state index contributed by atoms with van der Waals surface area (Å²) in [5.74, 6) is -2.25. The van der Waals surface area contributed by atoms with Crippen LogP contribution < -0.4 is 10.2 Å². The minimum atomic E-state index is -5.93. The number of rotatable bonds is 5. The van der Waals surface area contributed by atoms with E-state index in [-0.39, 0.29) is 0 Å². The fraction of sp³-hybridized carbons (Fsp3) is 0.308. The zero-order valence-corrected chi connectivity index (χ0v) is 21.2. The Bertz CT molecular complexity index is 1310. The highest BCUT2D eigenvalue weighted by Crippen LogP contribution is 2.50. The van der Waals surface area contributed by atoms with Crippen LogP contribution in [0.3, 0.4) is 0 Å². The molecule has 4 rings (SSSR count). The van der Waals surface area contributed by atoms with Gasteiger partial charge in [0, 0.05) is 41.8 Å². The van der Waals surface area contributed by atoms with Crippen LogP contribution in [0.15, 0.2) is 66.9 Å². The van der Waals surface area contributed by atoms with Crippen molar-refractivity contribution in [1.29, 1.82) is 0 Å². The van der Waals surface area contributed by atoms with Gasteiger partial charge in [-0.05, 0) is 42.0 Å². The van der Waals surface area contributed by atoms with Gasteiger partial charge in [-0.15, -0.1) is 0 Å². The van der Waals surface area contributed by atoms with Gasteiger partial charge in [0.25, 0.3) is 5.60 Å². The van der Waals surface area contributed by atoms with E-state index in [2.05, 4.69) is 15.2 Å². The molecule has 2 aromatic carbocycles. The number of aliphatic carboxylic acids is 1. The smallest absolute Gasteiger partial charge is 0.475 e. The second kappa shape index (κ2) is 12.4. The first kappa shape index (κ1) is 32.5. The third-order valence-corrected chi connectivity index (χ3v) is 5.98. The fourth-order valence-electron chi connectivity index (χ4n) is 3.76.